The lowest BCUT2D eigenvalue weighted by atomic mass is 9.93. The molecule has 0 unspecified atom stereocenters. The smallest absolute Gasteiger partial charge is 0.227 e. The highest BCUT2D eigenvalue weighted by atomic mass is 16.2. The van der Waals surface area contributed by atoms with Gasteiger partial charge in [-0.15, -0.1) is 0 Å². The first-order valence-corrected chi connectivity index (χ1v) is 10.3. The van der Waals surface area contributed by atoms with E-state index in [1.54, 1.807) is 0 Å². The Bertz CT molecular complexity index is 757. The van der Waals surface area contributed by atoms with Crippen molar-refractivity contribution in [2.24, 2.45) is 5.92 Å². The predicted octanol–water partition coefficient (Wildman–Crippen LogP) is 3.38. The summed E-state index contributed by atoms with van der Waals surface area (Å²) in [6.07, 6.45) is 7.49. The Morgan fingerprint density at radius 1 is 1.15 bits per heavy atom. The number of H-pyrrole nitrogens is 1. The second-order valence-electron chi connectivity index (χ2n) is 8.03. The van der Waals surface area contributed by atoms with Crippen LogP contribution in [0, 0.1) is 5.92 Å². The molecule has 3 fully saturated rings. The molecule has 0 aliphatic carbocycles. The van der Waals surface area contributed by atoms with E-state index < -0.39 is 0 Å². The zero-order valence-electron chi connectivity index (χ0n) is 16.2. The SMILES string of the molecule is CCCCc1ncc(CN2C[C@H]3CC[C@@H](C2)N(Cc2ccccc2)C3=O)[nH]1. The van der Waals surface area contributed by atoms with Gasteiger partial charge in [0.1, 0.15) is 5.82 Å². The van der Waals surface area contributed by atoms with Gasteiger partial charge >= 0.3 is 0 Å². The highest BCUT2D eigenvalue weighted by molar-refractivity contribution is 5.80. The molecular weight excluding hydrogens is 336 g/mol. The largest absolute Gasteiger partial charge is 0.345 e. The molecule has 1 amide bonds. The average molecular weight is 367 g/mol. The minimum absolute atomic E-state index is 0.134. The maximum atomic E-state index is 13.0. The first-order valence-electron chi connectivity index (χ1n) is 10.3. The molecule has 3 aliphatic heterocycles. The Labute approximate surface area is 161 Å². The quantitative estimate of drug-likeness (QED) is 0.817. The number of unbranched alkanes of at least 4 members (excludes halogenated alkanes) is 1. The number of nitrogens with zero attached hydrogens (tertiary/aromatic N) is 3. The number of carbonyl (C=O) groups is 1. The van der Waals surface area contributed by atoms with Crippen LogP contribution in [0.5, 0.6) is 0 Å². The van der Waals surface area contributed by atoms with E-state index >= 15 is 0 Å². The predicted molar refractivity (Wildman–Crippen MR) is 106 cm³/mol. The number of carbonyl (C=O) groups excluding carboxylic acids is 1. The van der Waals surface area contributed by atoms with Crippen LogP contribution in [0.15, 0.2) is 36.5 Å². The van der Waals surface area contributed by atoms with Crippen molar-refractivity contribution in [1.29, 1.82) is 0 Å². The topological polar surface area (TPSA) is 52.2 Å². The number of benzene rings is 1. The van der Waals surface area contributed by atoms with Gasteiger partial charge in [0.25, 0.3) is 0 Å². The molecule has 144 valence electrons. The van der Waals surface area contributed by atoms with Crippen molar-refractivity contribution in [1.82, 2.24) is 19.8 Å². The summed E-state index contributed by atoms with van der Waals surface area (Å²) in [5, 5.41) is 0. The summed E-state index contributed by atoms with van der Waals surface area (Å²) in [5.41, 5.74) is 2.39. The fourth-order valence-electron chi connectivity index (χ4n) is 4.45. The number of amides is 1. The molecule has 1 aromatic heterocycles. The van der Waals surface area contributed by atoms with Crippen molar-refractivity contribution in [3.05, 3.63) is 53.6 Å². The Hall–Kier alpha value is -2.14. The zero-order chi connectivity index (χ0) is 18.6. The second-order valence-corrected chi connectivity index (χ2v) is 8.03. The highest BCUT2D eigenvalue weighted by Gasteiger charge is 2.40. The molecular formula is C22H30N4O. The lowest BCUT2D eigenvalue weighted by molar-refractivity contribution is -0.140. The van der Waals surface area contributed by atoms with Crippen molar-refractivity contribution in [2.45, 2.75) is 58.2 Å². The summed E-state index contributed by atoms with van der Waals surface area (Å²) in [7, 11) is 0. The van der Waals surface area contributed by atoms with Crippen LogP contribution in [0.2, 0.25) is 0 Å². The van der Waals surface area contributed by atoms with Crippen LogP contribution in [0.3, 0.4) is 0 Å². The van der Waals surface area contributed by atoms with Crippen molar-refractivity contribution >= 4 is 5.91 Å². The Balaban J connectivity index is 1.42. The summed E-state index contributed by atoms with van der Waals surface area (Å²) >= 11 is 0. The van der Waals surface area contributed by atoms with E-state index in [2.05, 4.69) is 51.0 Å². The monoisotopic (exact) mass is 366 g/mol. The number of rotatable bonds is 7. The molecule has 0 saturated carbocycles. The minimum Gasteiger partial charge on any atom is -0.345 e. The summed E-state index contributed by atoms with van der Waals surface area (Å²) in [6.45, 7) is 5.62. The number of aromatic nitrogens is 2. The molecule has 2 bridgehead atoms. The van der Waals surface area contributed by atoms with E-state index in [4.69, 9.17) is 0 Å². The minimum atomic E-state index is 0.134. The number of hydrogen-bond donors (Lipinski definition) is 1. The van der Waals surface area contributed by atoms with Crippen LogP contribution in [-0.2, 0) is 24.3 Å². The van der Waals surface area contributed by atoms with E-state index in [1.165, 1.54) is 24.1 Å². The van der Waals surface area contributed by atoms with Gasteiger partial charge in [-0.3, -0.25) is 9.69 Å². The van der Waals surface area contributed by atoms with Gasteiger partial charge < -0.3 is 9.88 Å². The van der Waals surface area contributed by atoms with E-state index in [-0.39, 0.29) is 5.92 Å². The van der Waals surface area contributed by atoms with Gasteiger partial charge in [-0.25, -0.2) is 4.98 Å². The summed E-state index contributed by atoms with van der Waals surface area (Å²) in [6, 6.07) is 10.7. The van der Waals surface area contributed by atoms with E-state index in [9.17, 15) is 4.79 Å². The van der Waals surface area contributed by atoms with Crippen LogP contribution >= 0.6 is 0 Å². The van der Waals surface area contributed by atoms with Gasteiger partial charge in [0, 0.05) is 50.5 Å². The molecule has 1 N–H and O–H groups in total. The van der Waals surface area contributed by atoms with Gasteiger partial charge in [0.2, 0.25) is 5.91 Å². The average Bonchev–Trinajstić information content (AvgIpc) is 2.97. The maximum Gasteiger partial charge on any atom is 0.227 e. The third kappa shape index (κ3) is 4.24. The van der Waals surface area contributed by atoms with Crippen LogP contribution in [-0.4, -0.2) is 44.8 Å². The zero-order valence-corrected chi connectivity index (χ0v) is 16.2. The summed E-state index contributed by atoms with van der Waals surface area (Å²) < 4.78 is 0. The molecule has 0 spiro atoms. The second kappa shape index (κ2) is 8.26. The Kier molecular flexibility index (Phi) is 5.58. The van der Waals surface area contributed by atoms with E-state index in [1.807, 2.05) is 12.3 Å². The number of fused-ring (bicyclic) bond motifs is 4. The van der Waals surface area contributed by atoms with Crippen LogP contribution in [0.25, 0.3) is 0 Å². The normalized spacial score (nSPS) is 23.0. The van der Waals surface area contributed by atoms with Gasteiger partial charge in [-0.1, -0.05) is 43.7 Å². The lowest BCUT2D eigenvalue weighted by Crippen LogP contribution is -2.47. The lowest BCUT2D eigenvalue weighted by Gasteiger charge is -2.36. The van der Waals surface area contributed by atoms with Crippen LogP contribution < -0.4 is 0 Å². The highest BCUT2D eigenvalue weighted by Crippen LogP contribution is 2.31. The molecule has 3 saturated heterocycles. The number of piperidine rings is 1. The van der Waals surface area contributed by atoms with Crippen molar-refractivity contribution < 1.29 is 4.79 Å². The van der Waals surface area contributed by atoms with E-state index in [0.717, 1.165) is 51.3 Å². The molecule has 5 heteroatoms. The van der Waals surface area contributed by atoms with Gasteiger partial charge in [0.05, 0.1) is 5.92 Å². The van der Waals surface area contributed by atoms with Crippen molar-refractivity contribution in [2.75, 3.05) is 13.1 Å². The molecule has 27 heavy (non-hydrogen) atoms. The Morgan fingerprint density at radius 2 is 2.00 bits per heavy atom. The molecule has 2 atom stereocenters. The number of hydrogen-bond acceptors (Lipinski definition) is 3. The first kappa shape index (κ1) is 18.2. The van der Waals surface area contributed by atoms with Crippen molar-refractivity contribution in [3.8, 4) is 0 Å². The number of imidazole rings is 1. The first-order chi connectivity index (χ1) is 13.2. The number of aromatic amines is 1. The van der Waals surface area contributed by atoms with Crippen LogP contribution in [0.1, 0.15) is 49.7 Å². The van der Waals surface area contributed by atoms with Gasteiger partial charge in [-0.05, 0) is 24.8 Å². The number of nitrogens with one attached hydrogen (secondary N) is 1. The molecule has 1 aromatic carbocycles. The third-order valence-electron chi connectivity index (χ3n) is 5.91. The fourth-order valence-corrected chi connectivity index (χ4v) is 4.45. The van der Waals surface area contributed by atoms with E-state index in [0.29, 0.717) is 11.9 Å². The van der Waals surface area contributed by atoms with Crippen molar-refractivity contribution in [3.63, 3.8) is 0 Å². The molecule has 0 radical (unpaired) electrons. The Morgan fingerprint density at radius 3 is 2.81 bits per heavy atom. The summed E-state index contributed by atoms with van der Waals surface area (Å²) in [4.78, 5) is 25.6. The molecule has 5 rings (SSSR count). The molecule has 4 heterocycles. The molecule has 5 nitrogen and oxygen atoms in total. The standard InChI is InChI=1S/C22H30N4O/c1-2-3-9-21-23-12-19(24-21)15-25-14-18-10-11-20(16-25)26(22(18)27)13-17-7-5-4-6-8-17/h4-8,12,18,20H,2-3,9-11,13-16H2,1H3,(H,23,24)/t18-,20+/m1/s1. The van der Waals surface area contributed by atoms with Crippen LogP contribution in [0.4, 0.5) is 0 Å². The molecule has 3 aliphatic rings. The number of aryl methyl sites for hydroxylation is 1. The fraction of sp³-hybridized carbons (Fsp3) is 0.545. The summed E-state index contributed by atoms with van der Waals surface area (Å²) in [5.74, 6) is 1.56. The maximum absolute atomic E-state index is 13.0. The van der Waals surface area contributed by atoms with Gasteiger partial charge in [-0.2, -0.15) is 0 Å². The molecule has 2 aromatic rings. The van der Waals surface area contributed by atoms with Gasteiger partial charge in [0.15, 0.2) is 0 Å². The third-order valence-corrected chi connectivity index (χ3v) is 5.91.